The molecule has 0 saturated carbocycles. The standard InChI is InChI=1S/C18H29N3O3/c1-13-7-6-10-21(12-13)18(19-2)20-11-14-8-9-15(22-3)17(24-5)16(14)23-4/h8-9,13H,6-7,10-12H2,1-5H3,(H,19,20). The number of guanidine groups is 1. The van der Waals surface area contributed by atoms with Crippen LogP contribution in [0.2, 0.25) is 0 Å². The predicted octanol–water partition coefficient (Wildman–Crippen LogP) is 2.52. The zero-order valence-corrected chi connectivity index (χ0v) is 15.4. The first-order valence-corrected chi connectivity index (χ1v) is 8.38. The Bertz CT molecular complexity index is 575. The number of hydrogen-bond acceptors (Lipinski definition) is 4. The minimum atomic E-state index is 0.612. The molecule has 6 nitrogen and oxygen atoms in total. The molecule has 1 N–H and O–H groups in total. The van der Waals surface area contributed by atoms with Crippen molar-refractivity contribution in [3.8, 4) is 17.2 Å². The Morgan fingerprint density at radius 1 is 1.21 bits per heavy atom. The van der Waals surface area contributed by atoms with Crippen LogP contribution in [0, 0.1) is 5.92 Å². The highest BCUT2D eigenvalue weighted by Crippen LogP contribution is 2.39. The van der Waals surface area contributed by atoms with Crippen LogP contribution in [0.5, 0.6) is 17.2 Å². The van der Waals surface area contributed by atoms with E-state index >= 15 is 0 Å². The number of rotatable bonds is 5. The summed E-state index contributed by atoms with van der Waals surface area (Å²) >= 11 is 0. The van der Waals surface area contributed by atoms with Crippen molar-refractivity contribution < 1.29 is 14.2 Å². The third kappa shape index (κ3) is 4.04. The lowest BCUT2D eigenvalue weighted by Crippen LogP contribution is -2.45. The van der Waals surface area contributed by atoms with E-state index in [-0.39, 0.29) is 0 Å². The molecular weight excluding hydrogens is 306 g/mol. The zero-order valence-electron chi connectivity index (χ0n) is 15.4. The summed E-state index contributed by atoms with van der Waals surface area (Å²) in [6.07, 6.45) is 2.50. The first-order valence-electron chi connectivity index (χ1n) is 8.38. The van der Waals surface area contributed by atoms with E-state index in [0.29, 0.717) is 29.7 Å². The monoisotopic (exact) mass is 335 g/mol. The number of aliphatic imine (C=N–C) groups is 1. The molecule has 6 heteroatoms. The fourth-order valence-electron chi connectivity index (χ4n) is 3.19. The second kappa shape index (κ2) is 8.66. The van der Waals surface area contributed by atoms with Gasteiger partial charge in [0.05, 0.1) is 21.3 Å². The quantitative estimate of drug-likeness (QED) is 0.662. The fourth-order valence-corrected chi connectivity index (χ4v) is 3.19. The minimum absolute atomic E-state index is 0.612. The van der Waals surface area contributed by atoms with Gasteiger partial charge in [-0.2, -0.15) is 0 Å². The Hall–Kier alpha value is -2.11. The maximum atomic E-state index is 5.54. The Kier molecular flexibility index (Phi) is 6.58. The van der Waals surface area contributed by atoms with Crippen molar-refractivity contribution in [2.24, 2.45) is 10.9 Å². The van der Waals surface area contributed by atoms with E-state index < -0.39 is 0 Å². The van der Waals surface area contributed by atoms with E-state index in [4.69, 9.17) is 14.2 Å². The third-order valence-electron chi connectivity index (χ3n) is 4.39. The molecule has 1 heterocycles. The van der Waals surface area contributed by atoms with Gasteiger partial charge in [-0.05, 0) is 30.9 Å². The van der Waals surface area contributed by atoms with Crippen molar-refractivity contribution in [1.82, 2.24) is 10.2 Å². The summed E-state index contributed by atoms with van der Waals surface area (Å²) in [5.41, 5.74) is 1.00. The van der Waals surface area contributed by atoms with Gasteiger partial charge in [-0.1, -0.05) is 6.92 Å². The second-order valence-electron chi connectivity index (χ2n) is 6.09. The van der Waals surface area contributed by atoms with Crippen molar-refractivity contribution in [3.63, 3.8) is 0 Å². The molecule has 0 aromatic heterocycles. The minimum Gasteiger partial charge on any atom is -0.493 e. The smallest absolute Gasteiger partial charge is 0.203 e. The number of likely N-dealkylation sites (tertiary alicyclic amines) is 1. The lowest BCUT2D eigenvalue weighted by atomic mass is 10.0. The largest absolute Gasteiger partial charge is 0.493 e. The molecule has 1 aliphatic rings. The van der Waals surface area contributed by atoms with Gasteiger partial charge in [0.1, 0.15) is 0 Å². The zero-order chi connectivity index (χ0) is 17.5. The molecule has 1 unspecified atom stereocenters. The number of ether oxygens (including phenoxy) is 3. The maximum Gasteiger partial charge on any atom is 0.203 e. The summed E-state index contributed by atoms with van der Waals surface area (Å²) in [5.74, 6) is 3.59. The highest BCUT2D eigenvalue weighted by atomic mass is 16.5. The molecule has 0 radical (unpaired) electrons. The molecule has 1 fully saturated rings. The van der Waals surface area contributed by atoms with E-state index in [1.807, 2.05) is 19.2 Å². The summed E-state index contributed by atoms with van der Waals surface area (Å²) < 4.78 is 16.3. The Balaban J connectivity index is 2.12. The van der Waals surface area contributed by atoms with Crippen LogP contribution < -0.4 is 19.5 Å². The van der Waals surface area contributed by atoms with E-state index in [9.17, 15) is 0 Å². The molecule has 1 aromatic carbocycles. The Labute approximate surface area is 144 Å². The van der Waals surface area contributed by atoms with Crippen LogP contribution in [0.1, 0.15) is 25.3 Å². The normalized spacial score (nSPS) is 18.3. The van der Waals surface area contributed by atoms with Crippen LogP contribution in [0.15, 0.2) is 17.1 Å². The summed E-state index contributed by atoms with van der Waals surface area (Å²) in [5, 5.41) is 3.44. The lowest BCUT2D eigenvalue weighted by Gasteiger charge is -2.33. The van der Waals surface area contributed by atoms with Crippen LogP contribution in [0.25, 0.3) is 0 Å². The summed E-state index contributed by atoms with van der Waals surface area (Å²) in [6, 6.07) is 3.88. The molecule has 1 aromatic rings. The Morgan fingerprint density at radius 2 is 1.96 bits per heavy atom. The SMILES string of the molecule is CN=C(NCc1ccc(OC)c(OC)c1OC)N1CCCC(C)C1. The van der Waals surface area contributed by atoms with Gasteiger partial charge in [0, 0.05) is 32.2 Å². The molecule has 0 aliphatic carbocycles. The second-order valence-corrected chi connectivity index (χ2v) is 6.09. The van der Waals surface area contributed by atoms with E-state index in [1.54, 1.807) is 21.3 Å². The van der Waals surface area contributed by atoms with Gasteiger partial charge in [-0.15, -0.1) is 0 Å². The van der Waals surface area contributed by atoms with E-state index in [0.717, 1.165) is 24.6 Å². The van der Waals surface area contributed by atoms with Crippen molar-refractivity contribution >= 4 is 5.96 Å². The molecule has 1 aliphatic heterocycles. The molecular formula is C18H29N3O3. The molecule has 2 rings (SSSR count). The number of methoxy groups -OCH3 is 3. The molecule has 0 bridgehead atoms. The van der Waals surface area contributed by atoms with Gasteiger partial charge < -0.3 is 24.4 Å². The molecule has 0 spiro atoms. The first-order chi connectivity index (χ1) is 11.6. The van der Waals surface area contributed by atoms with Crippen molar-refractivity contribution in [2.45, 2.75) is 26.3 Å². The maximum absolute atomic E-state index is 5.54. The summed E-state index contributed by atoms with van der Waals surface area (Å²) in [4.78, 5) is 6.75. The summed E-state index contributed by atoms with van der Waals surface area (Å²) in [7, 11) is 6.70. The highest BCUT2D eigenvalue weighted by molar-refractivity contribution is 5.80. The average Bonchev–Trinajstić information content (AvgIpc) is 2.61. The lowest BCUT2D eigenvalue weighted by molar-refractivity contribution is 0.265. The van der Waals surface area contributed by atoms with Gasteiger partial charge in [-0.25, -0.2) is 0 Å². The average molecular weight is 335 g/mol. The van der Waals surface area contributed by atoms with Gasteiger partial charge in [0.15, 0.2) is 17.5 Å². The highest BCUT2D eigenvalue weighted by Gasteiger charge is 2.20. The molecule has 1 saturated heterocycles. The number of nitrogens with zero attached hydrogens (tertiary/aromatic N) is 2. The molecule has 1 atom stereocenters. The van der Waals surface area contributed by atoms with Crippen LogP contribution in [0.4, 0.5) is 0 Å². The van der Waals surface area contributed by atoms with Gasteiger partial charge >= 0.3 is 0 Å². The van der Waals surface area contributed by atoms with E-state index in [1.165, 1.54) is 12.8 Å². The number of benzene rings is 1. The fraction of sp³-hybridized carbons (Fsp3) is 0.611. The van der Waals surface area contributed by atoms with Crippen molar-refractivity contribution in [3.05, 3.63) is 17.7 Å². The number of piperidine rings is 1. The van der Waals surface area contributed by atoms with Crippen LogP contribution in [-0.4, -0.2) is 52.3 Å². The topological polar surface area (TPSA) is 55.3 Å². The van der Waals surface area contributed by atoms with Gasteiger partial charge in [0.2, 0.25) is 5.75 Å². The van der Waals surface area contributed by atoms with Gasteiger partial charge in [-0.3, -0.25) is 4.99 Å². The Morgan fingerprint density at radius 3 is 2.54 bits per heavy atom. The van der Waals surface area contributed by atoms with Crippen LogP contribution in [-0.2, 0) is 6.54 Å². The van der Waals surface area contributed by atoms with Crippen molar-refractivity contribution in [2.75, 3.05) is 41.5 Å². The predicted molar refractivity (Wildman–Crippen MR) is 96.3 cm³/mol. The van der Waals surface area contributed by atoms with Crippen molar-refractivity contribution in [1.29, 1.82) is 0 Å². The molecule has 24 heavy (non-hydrogen) atoms. The van der Waals surface area contributed by atoms with Crippen LogP contribution >= 0.6 is 0 Å². The number of hydrogen-bond donors (Lipinski definition) is 1. The van der Waals surface area contributed by atoms with E-state index in [2.05, 4.69) is 22.1 Å². The third-order valence-corrected chi connectivity index (χ3v) is 4.39. The molecule has 134 valence electrons. The van der Waals surface area contributed by atoms with Crippen LogP contribution in [0.3, 0.4) is 0 Å². The molecule has 0 amide bonds. The van der Waals surface area contributed by atoms with Gasteiger partial charge in [0.25, 0.3) is 0 Å². The number of nitrogens with one attached hydrogen (secondary N) is 1. The first kappa shape index (κ1) is 18.2. The summed E-state index contributed by atoms with van der Waals surface area (Å²) in [6.45, 7) is 4.99.